The molecule has 0 saturated carbocycles. The molecule has 0 saturated heterocycles. The van der Waals surface area contributed by atoms with E-state index in [0.717, 1.165) is 18.5 Å². The molecule has 2 rings (SSSR count). The summed E-state index contributed by atoms with van der Waals surface area (Å²) in [5.41, 5.74) is 1.01. The molecule has 0 aliphatic rings. The van der Waals surface area contributed by atoms with Crippen LogP contribution in [0.5, 0.6) is 0 Å². The largest absolute Gasteiger partial charge is 0.232 e. The molecule has 0 spiro atoms. The van der Waals surface area contributed by atoms with Gasteiger partial charge in [0.15, 0.2) is 11.6 Å². The first-order valence-corrected chi connectivity index (χ1v) is 7.25. The second-order valence-electron chi connectivity index (χ2n) is 3.95. The smallest absolute Gasteiger partial charge is 0.164 e. The maximum Gasteiger partial charge on any atom is 0.164 e. The molecule has 100 valence electrons. The van der Waals surface area contributed by atoms with Crippen molar-refractivity contribution in [2.24, 2.45) is 0 Å². The van der Waals surface area contributed by atoms with Crippen molar-refractivity contribution in [2.75, 3.05) is 0 Å². The zero-order valence-corrected chi connectivity index (χ0v) is 13.2. The fourth-order valence-corrected chi connectivity index (χ4v) is 2.40. The highest BCUT2D eigenvalue weighted by atomic mass is 79.9. The van der Waals surface area contributed by atoms with Gasteiger partial charge in [0.1, 0.15) is 5.15 Å². The molecule has 0 atom stereocenters. The third-order valence-electron chi connectivity index (χ3n) is 2.56. The molecule has 0 amide bonds. The lowest BCUT2D eigenvalue weighted by Crippen LogP contribution is -2.00. The lowest BCUT2D eigenvalue weighted by atomic mass is 10.2. The van der Waals surface area contributed by atoms with Crippen LogP contribution in [0.3, 0.4) is 0 Å². The number of hydrogen-bond donors (Lipinski definition) is 0. The van der Waals surface area contributed by atoms with E-state index in [1.54, 1.807) is 12.1 Å². The zero-order valence-electron chi connectivity index (χ0n) is 10.1. The lowest BCUT2D eigenvalue weighted by Gasteiger charge is -2.08. The van der Waals surface area contributed by atoms with Crippen molar-refractivity contribution in [3.05, 3.63) is 44.4 Å². The molecule has 6 heteroatoms. The summed E-state index contributed by atoms with van der Waals surface area (Å²) in [5.74, 6) is -0.290. The predicted octanol–water partition coefficient (Wildman–Crippen LogP) is 5.30. The maximum absolute atomic E-state index is 14.0. The number of aryl methyl sites for hydroxylation is 1. The SMILES string of the molecule is CCCc1nc(-c2cccc(Cl)c2F)nc(Cl)c1Br. The fourth-order valence-electron chi connectivity index (χ4n) is 1.66. The fraction of sp³-hybridized carbons (Fsp3) is 0.231. The summed E-state index contributed by atoms with van der Waals surface area (Å²) in [6.07, 6.45) is 1.64. The number of nitrogens with zero attached hydrogens (tertiary/aromatic N) is 2. The molecule has 2 aromatic rings. The Labute approximate surface area is 129 Å². The summed E-state index contributed by atoms with van der Waals surface area (Å²) < 4.78 is 14.6. The highest BCUT2D eigenvalue weighted by Crippen LogP contribution is 2.30. The van der Waals surface area contributed by atoms with Gasteiger partial charge < -0.3 is 0 Å². The number of hydrogen-bond acceptors (Lipinski definition) is 2. The Morgan fingerprint density at radius 2 is 2.00 bits per heavy atom. The van der Waals surface area contributed by atoms with E-state index in [4.69, 9.17) is 23.2 Å². The van der Waals surface area contributed by atoms with Gasteiger partial charge in [0, 0.05) is 0 Å². The molecule has 1 aromatic carbocycles. The molecule has 0 radical (unpaired) electrons. The second kappa shape index (κ2) is 6.16. The van der Waals surface area contributed by atoms with E-state index in [0.29, 0.717) is 4.47 Å². The van der Waals surface area contributed by atoms with Crippen molar-refractivity contribution in [1.82, 2.24) is 9.97 Å². The summed E-state index contributed by atoms with van der Waals surface area (Å²) >= 11 is 15.2. The van der Waals surface area contributed by atoms with E-state index in [1.807, 2.05) is 6.92 Å². The van der Waals surface area contributed by atoms with Gasteiger partial charge in [-0.1, -0.05) is 42.6 Å². The molecule has 2 nitrogen and oxygen atoms in total. The molecular formula is C13H10BrCl2FN2. The van der Waals surface area contributed by atoms with E-state index >= 15 is 0 Å². The predicted molar refractivity (Wildman–Crippen MR) is 79.1 cm³/mol. The molecule has 1 aromatic heterocycles. The Balaban J connectivity index is 2.59. The Morgan fingerprint density at radius 1 is 1.26 bits per heavy atom. The van der Waals surface area contributed by atoms with Crippen LogP contribution < -0.4 is 0 Å². The van der Waals surface area contributed by atoms with Crippen molar-refractivity contribution in [1.29, 1.82) is 0 Å². The van der Waals surface area contributed by atoms with Crippen LogP contribution in [0.2, 0.25) is 10.2 Å². The third kappa shape index (κ3) is 3.07. The maximum atomic E-state index is 14.0. The van der Waals surface area contributed by atoms with Gasteiger partial charge in [0.25, 0.3) is 0 Å². The van der Waals surface area contributed by atoms with Crippen molar-refractivity contribution in [3.8, 4) is 11.4 Å². The average molecular weight is 364 g/mol. The molecule has 0 aliphatic carbocycles. The minimum atomic E-state index is -0.537. The molecule has 19 heavy (non-hydrogen) atoms. The quantitative estimate of drug-likeness (QED) is 0.691. The second-order valence-corrected chi connectivity index (χ2v) is 5.51. The summed E-state index contributed by atoms with van der Waals surface area (Å²) in [4.78, 5) is 8.45. The van der Waals surface area contributed by atoms with Crippen LogP contribution >= 0.6 is 39.1 Å². The van der Waals surface area contributed by atoms with Crippen LogP contribution in [0.1, 0.15) is 19.0 Å². The van der Waals surface area contributed by atoms with Crippen LogP contribution in [0.15, 0.2) is 22.7 Å². The Bertz CT molecular complexity index is 620. The Morgan fingerprint density at radius 3 is 2.68 bits per heavy atom. The van der Waals surface area contributed by atoms with Crippen molar-refractivity contribution >= 4 is 39.1 Å². The Hall–Kier alpha value is -0.710. The van der Waals surface area contributed by atoms with Crippen LogP contribution in [-0.4, -0.2) is 9.97 Å². The van der Waals surface area contributed by atoms with Gasteiger partial charge in [-0.25, -0.2) is 14.4 Å². The average Bonchev–Trinajstić information content (AvgIpc) is 2.38. The van der Waals surface area contributed by atoms with Gasteiger partial charge in [-0.05, 0) is 34.5 Å². The molecule has 1 heterocycles. The van der Waals surface area contributed by atoms with Gasteiger partial charge in [0.2, 0.25) is 0 Å². The first-order valence-electron chi connectivity index (χ1n) is 5.71. The Kier molecular flexibility index (Phi) is 4.76. The van der Waals surface area contributed by atoms with Gasteiger partial charge in [0.05, 0.1) is 20.8 Å². The lowest BCUT2D eigenvalue weighted by molar-refractivity contribution is 0.630. The van der Waals surface area contributed by atoms with Gasteiger partial charge in [-0.15, -0.1) is 0 Å². The third-order valence-corrected chi connectivity index (χ3v) is 4.19. The number of benzene rings is 1. The van der Waals surface area contributed by atoms with Gasteiger partial charge in [-0.3, -0.25) is 0 Å². The minimum Gasteiger partial charge on any atom is -0.232 e. The van der Waals surface area contributed by atoms with Crippen LogP contribution in [0.25, 0.3) is 11.4 Å². The summed E-state index contributed by atoms with van der Waals surface area (Å²) in [6.45, 7) is 2.03. The highest BCUT2D eigenvalue weighted by molar-refractivity contribution is 9.10. The monoisotopic (exact) mass is 362 g/mol. The normalized spacial score (nSPS) is 10.8. The van der Waals surface area contributed by atoms with Crippen molar-refractivity contribution in [2.45, 2.75) is 19.8 Å². The molecular weight excluding hydrogens is 354 g/mol. The van der Waals surface area contributed by atoms with Gasteiger partial charge >= 0.3 is 0 Å². The molecule has 0 fully saturated rings. The summed E-state index contributed by atoms with van der Waals surface area (Å²) in [6, 6.07) is 4.71. The molecule has 0 N–H and O–H groups in total. The number of aromatic nitrogens is 2. The first-order chi connectivity index (χ1) is 9.04. The number of rotatable bonds is 3. The van der Waals surface area contributed by atoms with Crippen molar-refractivity contribution in [3.63, 3.8) is 0 Å². The van der Waals surface area contributed by atoms with E-state index in [2.05, 4.69) is 25.9 Å². The minimum absolute atomic E-state index is 0.0391. The first kappa shape index (κ1) is 14.7. The van der Waals surface area contributed by atoms with Gasteiger partial charge in [-0.2, -0.15) is 0 Å². The van der Waals surface area contributed by atoms with E-state index in [-0.39, 0.29) is 21.6 Å². The van der Waals surface area contributed by atoms with Crippen LogP contribution in [0.4, 0.5) is 4.39 Å². The zero-order chi connectivity index (χ0) is 14.0. The molecule has 0 aliphatic heterocycles. The van der Waals surface area contributed by atoms with Crippen LogP contribution in [-0.2, 0) is 6.42 Å². The van der Waals surface area contributed by atoms with Crippen LogP contribution in [0, 0.1) is 5.82 Å². The summed E-state index contributed by atoms with van der Waals surface area (Å²) in [5, 5.41) is 0.310. The van der Waals surface area contributed by atoms with E-state index in [1.165, 1.54) is 6.07 Å². The molecule has 0 unspecified atom stereocenters. The standard InChI is InChI=1S/C13H10BrCl2FN2/c1-2-4-9-10(14)12(16)19-13(18-9)7-5-3-6-8(15)11(7)17/h3,5-6H,2,4H2,1H3. The topological polar surface area (TPSA) is 25.8 Å². The highest BCUT2D eigenvalue weighted by Gasteiger charge is 2.15. The van der Waals surface area contributed by atoms with E-state index in [9.17, 15) is 4.39 Å². The summed E-state index contributed by atoms with van der Waals surface area (Å²) in [7, 11) is 0. The number of halogens is 4. The molecule has 0 bridgehead atoms. The van der Waals surface area contributed by atoms with E-state index < -0.39 is 5.82 Å². The van der Waals surface area contributed by atoms with Crippen molar-refractivity contribution < 1.29 is 4.39 Å².